The van der Waals surface area contributed by atoms with Crippen molar-refractivity contribution in [3.05, 3.63) is 81.8 Å². The average molecular weight is 520 g/mol. The van der Waals surface area contributed by atoms with E-state index in [1.807, 2.05) is 36.4 Å². The molecule has 6 nitrogen and oxygen atoms in total. The van der Waals surface area contributed by atoms with Crippen LogP contribution >= 0.6 is 15.9 Å². The Bertz CT molecular complexity index is 1270. The van der Waals surface area contributed by atoms with Crippen LogP contribution in [-0.4, -0.2) is 30.7 Å². The molecule has 3 aromatic carbocycles. The molecule has 2 aliphatic rings. The highest BCUT2D eigenvalue weighted by atomic mass is 79.9. The van der Waals surface area contributed by atoms with Crippen molar-refractivity contribution in [1.82, 2.24) is 4.90 Å². The summed E-state index contributed by atoms with van der Waals surface area (Å²) in [5.41, 5.74) is 5.94. The molecule has 0 radical (unpaired) electrons. The van der Waals surface area contributed by atoms with Crippen LogP contribution < -0.4 is 20.1 Å². The molecule has 0 atom stereocenters. The van der Waals surface area contributed by atoms with Crippen molar-refractivity contribution >= 4 is 44.5 Å². The lowest BCUT2D eigenvalue weighted by Crippen LogP contribution is -2.22. The summed E-state index contributed by atoms with van der Waals surface area (Å²) in [6.45, 7) is 7.49. The number of hydrogen-bond donors (Lipinski definition) is 2. The van der Waals surface area contributed by atoms with E-state index in [0.29, 0.717) is 22.8 Å². The molecule has 0 fully saturated rings. The SMILES string of the molecule is CCN(CC)Cc1ccc(NC(=C2C(=O)Nc3cc(Br)ccc32)c2ccc3c(c2)OCO3)cc1. The van der Waals surface area contributed by atoms with Gasteiger partial charge in [0.25, 0.3) is 5.91 Å². The summed E-state index contributed by atoms with van der Waals surface area (Å²) in [5, 5.41) is 6.51. The molecule has 7 heteroatoms. The maximum Gasteiger partial charge on any atom is 0.258 e. The van der Waals surface area contributed by atoms with E-state index in [1.54, 1.807) is 0 Å². The van der Waals surface area contributed by atoms with E-state index < -0.39 is 0 Å². The second kappa shape index (κ2) is 9.52. The van der Waals surface area contributed by atoms with Gasteiger partial charge in [0.15, 0.2) is 11.5 Å². The third-order valence-electron chi connectivity index (χ3n) is 6.16. The molecule has 3 aromatic rings. The molecule has 0 bridgehead atoms. The van der Waals surface area contributed by atoms with Crippen LogP contribution in [0.3, 0.4) is 0 Å². The summed E-state index contributed by atoms with van der Waals surface area (Å²) in [5.74, 6) is 1.22. The molecule has 0 saturated heterocycles. The third kappa shape index (κ3) is 4.41. The highest BCUT2D eigenvalue weighted by molar-refractivity contribution is 9.10. The lowest BCUT2D eigenvalue weighted by molar-refractivity contribution is -0.110. The number of hydrogen-bond acceptors (Lipinski definition) is 5. The normalized spacial score (nSPS) is 15.4. The number of carbonyl (C=O) groups is 1. The summed E-state index contributed by atoms with van der Waals surface area (Å²) in [6, 6.07) is 19.9. The number of nitrogens with one attached hydrogen (secondary N) is 2. The number of rotatable bonds is 7. The van der Waals surface area contributed by atoms with Crippen molar-refractivity contribution < 1.29 is 14.3 Å². The molecule has 34 heavy (non-hydrogen) atoms. The lowest BCUT2D eigenvalue weighted by atomic mass is 9.99. The largest absolute Gasteiger partial charge is 0.454 e. The number of benzene rings is 3. The number of carbonyl (C=O) groups excluding carboxylic acids is 1. The predicted molar refractivity (Wildman–Crippen MR) is 139 cm³/mol. The minimum atomic E-state index is -0.147. The zero-order valence-corrected chi connectivity index (χ0v) is 20.7. The van der Waals surface area contributed by atoms with Gasteiger partial charge in [-0.05, 0) is 61.1 Å². The van der Waals surface area contributed by atoms with Crippen LogP contribution in [0.4, 0.5) is 11.4 Å². The van der Waals surface area contributed by atoms with Crippen LogP contribution in [0.15, 0.2) is 65.1 Å². The van der Waals surface area contributed by atoms with Crippen LogP contribution in [0.25, 0.3) is 11.3 Å². The van der Waals surface area contributed by atoms with E-state index >= 15 is 0 Å². The molecule has 0 aromatic heterocycles. The van der Waals surface area contributed by atoms with Crippen LogP contribution in [0, 0.1) is 0 Å². The Labute approximate surface area is 207 Å². The van der Waals surface area contributed by atoms with Crippen LogP contribution in [0.5, 0.6) is 11.5 Å². The number of anilines is 2. The van der Waals surface area contributed by atoms with Gasteiger partial charge in [0.1, 0.15) is 0 Å². The summed E-state index contributed by atoms with van der Waals surface area (Å²) in [4.78, 5) is 15.5. The van der Waals surface area contributed by atoms with Crippen LogP contribution in [0.1, 0.15) is 30.5 Å². The Morgan fingerprint density at radius 2 is 1.76 bits per heavy atom. The molecule has 174 valence electrons. The van der Waals surface area contributed by atoms with E-state index in [1.165, 1.54) is 5.56 Å². The summed E-state index contributed by atoms with van der Waals surface area (Å²) < 4.78 is 12.0. The zero-order chi connectivity index (χ0) is 23.7. The lowest BCUT2D eigenvalue weighted by Gasteiger charge is -2.19. The maximum atomic E-state index is 13.1. The van der Waals surface area contributed by atoms with Gasteiger partial charge in [0.2, 0.25) is 6.79 Å². The second-order valence-electron chi connectivity index (χ2n) is 8.25. The summed E-state index contributed by atoms with van der Waals surface area (Å²) in [6.07, 6.45) is 0. The second-order valence-corrected chi connectivity index (χ2v) is 9.16. The molecule has 2 aliphatic heterocycles. The fourth-order valence-electron chi connectivity index (χ4n) is 4.27. The van der Waals surface area contributed by atoms with Crippen molar-refractivity contribution in [2.75, 3.05) is 30.5 Å². The van der Waals surface area contributed by atoms with E-state index in [-0.39, 0.29) is 12.7 Å². The standard InChI is InChI=1S/C27H26BrN3O3/c1-3-31(4-2)15-17-5-9-20(10-6-17)29-26(18-7-12-23-24(13-18)34-16-33-23)25-21-11-8-19(28)14-22(21)30-27(25)32/h5-14,29H,3-4,15-16H2,1-2H3,(H,30,32). The van der Waals surface area contributed by atoms with Crippen molar-refractivity contribution in [1.29, 1.82) is 0 Å². The third-order valence-corrected chi connectivity index (χ3v) is 6.65. The monoisotopic (exact) mass is 519 g/mol. The van der Waals surface area contributed by atoms with Gasteiger partial charge in [-0.1, -0.05) is 48.0 Å². The minimum Gasteiger partial charge on any atom is -0.454 e. The average Bonchev–Trinajstić information content (AvgIpc) is 3.44. The van der Waals surface area contributed by atoms with Crippen molar-refractivity contribution in [3.8, 4) is 11.5 Å². The summed E-state index contributed by atoms with van der Waals surface area (Å²) in [7, 11) is 0. The van der Waals surface area contributed by atoms with Gasteiger partial charge in [0, 0.05) is 27.8 Å². The van der Waals surface area contributed by atoms with Gasteiger partial charge < -0.3 is 20.1 Å². The molecule has 0 spiro atoms. The van der Waals surface area contributed by atoms with E-state index in [4.69, 9.17) is 9.47 Å². The topological polar surface area (TPSA) is 62.8 Å². The molecule has 0 unspecified atom stereocenters. The number of nitrogens with zero attached hydrogens (tertiary/aromatic N) is 1. The van der Waals surface area contributed by atoms with Crippen LogP contribution in [0.2, 0.25) is 0 Å². The Balaban J connectivity index is 1.55. The van der Waals surface area contributed by atoms with Crippen LogP contribution in [-0.2, 0) is 11.3 Å². The van der Waals surface area contributed by atoms with E-state index in [0.717, 1.165) is 46.6 Å². The Hall–Kier alpha value is -3.29. The molecular formula is C27H26BrN3O3. The van der Waals surface area contributed by atoms with Gasteiger partial charge in [-0.15, -0.1) is 0 Å². The first-order valence-corrected chi connectivity index (χ1v) is 12.2. The van der Waals surface area contributed by atoms with E-state index in [9.17, 15) is 4.79 Å². The number of fused-ring (bicyclic) bond motifs is 2. The van der Waals surface area contributed by atoms with Gasteiger partial charge in [0.05, 0.1) is 17.0 Å². The van der Waals surface area contributed by atoms with E-state index in [2.05, 4.69) is 69.6 Å². The van der Waals surface area contributed by atoms with Crippen molar-refractivity contribution in [2.24, 2.45) is 0 Å². The molecule has 1 amide bonds. The van der Waals surface area contributed by atoms with Gasteiger partial charge >= 0.3 is 0 Å². The maximum absolute atomic E-state index is 13.1. The first-order chi connectivity index (χ1) is 16.6. The Morgan fingerprint density at radius 1 is 1.00 bits per heavy atom. The quantitative estimate of drug-likeness (QED) is 0.377. The molecule has 0 aliphatic carbocycles. The first-order valence-electron chi connectivity index (χ1n) is 11.4. The fourth-order valence-corrected chi connectivity index (χ4v) is 4.63. The Kier molecular flexibility index (Phi) is 6.30. The number of amides is 1. The molecule has 2 N–H and O–H groups in total. The van der Waals surface area contributed by atoms with Crippen molar-refractivity contribution in [2.45, 2.75) is 20.4 Å². The van der Waals surface area contributed by atoms with Gasteiger partial charge in [-0.25, -0.2) is 0 Å². The molecule has 0 saturated carbocycles. The molecular weight excluding hydrogens is 494 g/mol. The van der Waals surface area contributed by atoms with Crippen molar-refractivity contribution in [3.63, 3.8) is 0 Å². The van der Waals surface area contributed by atoms with Gasteiger partial charge in [-0.2, -0.15) is 0 Å². The number of ether oxygens (including phenoxy) is 2. The highest BCUT2D eigenvalue weighted by Crippen LogP contribution is 2.41. The summed E-state index contributed by atoms with van der Waals surface area (Å²) >= 11 is 3.49. The molecule has 5 rings (SSSR count). The molecule has 2 heterocycles. The Morgan fingerprint density at radius 3 is 2.53 bits per heavy atom. The predicted octanol–water partition coefficient (Wildman–Crippen LogP) is 5.95. The van der Waals surface area contributed by atoms with Gasteiger partial charge in [-0.3, -0.25) is 9.69 Å². The number of halogens is 1. The highest BCUT2D eigenvalue weighted by Gasteiger charge is 2.29. The fraction of sp³-hybridized carbons (Fsp3) is 0.222. The smallest absolute Gasteiger partial charge is 0.258 e. The zero-order valence-electron chi connectivity index (χ0n) is 19.2. The first kappa shape index (κ1) is 22.5. The minimum absolute atomic E-state index is 0.147.